The number of benzene rings is 2. The molecule has 0 bridgehead atoms. The van der Waals surface area contributed by atoms with Crippen molar-refractivity contribution in [2.75, 3.05) is 7.11 Å². The van der Waals surface area contributed by atoms with E-state index in [1.807, 2.05) is 13.8 Å². The Morgan fingerprint density at radius 1 is 1.04 bits per heavy atom. The first-order chi connectivity index (χ1) is 13.4. The first-order valence-corrected chi connectivity index (χ1v) is 8.72. The maximum absolute atomic E-state index is 12.6. The van der Waals surface area contributed by atoms with Crippen molar-refractivity contribution in [2.45, 2.75) is 26.3 Å². The second-order valence-electron chi connectivity index (χ2n) is 5.69. The number of nitro groups is 1. The number of carbonyl (C=O) groups is 3. The van der Waals surface area contributed by atoms with Crippen molar-refractivity contribution in [2.24, 2.45) is 0 Å². The molecule has 0 N–H and O–H groups in total. The lowest BCUT2D eigenvalue weighted by Crippen LogP contribution is -2.46. The molecule has 0 saturated carbocycles. The van der Waals surface area contributed by atoms with E-state index in [9.17, 15) is 24.5 Å². The Morgan fingerprint density at radius 3 is 1.96 bits per heavy atom. The third-order valence-corrected chi connectivity index (χ3v) is 4.19. The van der Waals surface area contributed by atoms with E-state index in [-0.39, 0.29) is 23.2 Å². The van der Waals surface area contributed by atoms with Crippen LogP contribution in [0.4, 0.5) is 5.69 Å². The van der Waals surface area contributed by atoms with Crippen molar-refractivity contribution < 1.29 is 24.0 Å². The fourth-order valence-electron chi connectivity index (χ4n) is 2.88. The minimum absolute atomic E-state index is 0.00383. The Bertz CT molecular complexity index is 872. The molecule has 3 rings (SSSR count). The standard InChI is InChI=1S/C18H14N2O6.C2H6/c1-26-18(23)15(10-11-6-8-12(9-7-11)20(24)25)19-16(21)13-4-2-3-5-14(13)17(19)22;1-2/h2-9,15H,10H2,1H3;1-2H3/t15-;/m0./s1. The number of nitrogens with zero attached hydrogens (tertiary/aromatic N) is 2. The van der Waals surface area contributed by atoms with Crippen molar-refractivity contribution in [3.05, 3.63) is 75.3 Å². The molecule has 2 amide bonds. The highest BCUT2D eigenvalue weighted by Gasteiger charge is 2.43. The maximum Gasteiger partial charge on any atom is 0.329 e. The van der Waals surface area contributed by atoms with Crippen LogP contribution in [0.1, 0.15) is 40.1 Å². The number of esters is 1. The summed E-state index contributed by atoms with van der Waals surface area (Å²) in [7, 11) is 1.17. The molecule has 0 aromatic heterocycles. The van der Waals surface area contributed by atoms with E-state index in [1.165, 1.54) is 43.5 Å². The number of hydrogen-bond acceptors (Lipinski definition) is 6. The van der Waals surface area contributed by atoms with E-state index in [2.05, 4.69) is 0 Å². The molecule has 1 atom stereocenters. The molecule has 1 aliphatic rings. The minimum atomic E-state index is -1.16. The summed E-state index contributed by atoms with van der Waals surface area (Å²) in [6, 6.07) is 10.7. The Balaban J connectivity index is 0.00000136. The van der Waals surface area contributed by atoms with Gasteiger partial charge in [-0.1, -0.05) is 38.1 Å². The largest absolute Gasteiger partial charge is 0.467 e. The van der Waals surface area contributed by atoms with Gasteiger partial charge in [0.05, 0.1) is 23.2 Å². The molecule has 1 heterocycles. The van der Waals surface area contributed by atoms with Crippen LogP contribution in [0, 0.1) is 10.1 Å². The molecule has 1 aliphatic heterocycles. The zero-order valence-electron chi connectivity index (χ0n) is 15.7. The van der Waals surface area contributed by atoms with Gasteiger partial charge in [-0.2, -0.15) is 0 Å². The number of nitro benzene ring substituents is 1. The first-order valence-electron chi connectivity index (χ1n) is 8.72. The summed E-state index contributed by atoms with van der Waals surface area (Å²) in [6.07, 6.45) is -0.00383. The number of carbonyl (C=O) groups excluding carboxylic acids is 3. The van der Waals surface area contributed by atoms with Crippen molar-refractivity contribution in [1.29, 1.82) is 0 Å². The van der Waals surface area contributed by atoms with Crippen LogP contribution in [0.5, 0.6) is 0 Å². The van der Waals surface area contributed by atoms with Gasteiger partial charge in [-0.25, -0.2) is 4.79 Å². The highest BCUT2D eigenvalue weighted by molar-refractivity contribution is 6.22. The monoisotopic (exact) mass is 384 g/mol. The summed E-state index contributed by atoms with van der Waals surface area (Å²) in [5.41, 5.74) is 0.928. The SMILES string of the molecule is CC.COC(=O)[C@H](Cc1ccc([N+](=O)[O-])cc1)N1C(=O)c2ccccc2C1=O. The lowest BCUT2D eigenvalue weighted by atomic mass is 10.0. The smallest absolute Gasteiger partial charge is 0.329 e. The lowest BCUT2D eigenvalue weighted by Gasteiger charge is -2.24. The summed E-state index contributed by atoms with van der Waals surface area (Å²) in [5.74, 6) is -1.87. The quantitative estimate of drug-likeness (QED) is 0.339. The first kappa shape index (κ1) is 20.8. The number of imide groups is 1. The van der Waals surface area contributed by atoms with Gasteiger partial charge in [-0.05, 0) is 17.7 Å². The number of amides is 2. The van der Waals surface area contributed by atoms with E-state index >= 15 is 0 Å². The van der Waals surface area contributed by atoms with E-state index in [0.29, 0.717) is 5.56 Å². The number of hydrogen-bond donors (Lipinski definition) is 0. The Kier molecular flexibility index (Phi) is 6.59. The molecule has 8 heteroatoms. The van der Waals surface area contributed by atoms with Gasteiger partial charge < -0.3 is 4.74 Å². The number of methoxy groups -OCH3 is 1. The molecule has 0 aliphatic carbocycles. The summed E-state index contributed by atoms with van der Waals surface area (Å²) >= 11 is 0. The predicted molar refractivity (Wildman–Crippen MR) is 101 cm³/mol. The summed E-state index contributed by atoms with van der Waals surface area (Å²) in [6.45, 7) is 4.00. The Hall–Kier alpha value is -3.55. The van der Waals surface area contributed by atoms with Gasteiger partial charge in [0.25, 0.3) is 17.5 Å². The summed E-state index contributed by atoms with van der Waals surface area (Å²) < 4.78 is 4.76. The zero-order valence-corrected chi connectivity index (χ0v) is 15.7. The predicted octanol–water partition coefficient (Wildman–Crippen LogP) is 3.00. The molecule has 0 saturated heterocycles. The fraction of sp³-hybridized carbons (Fsp3) is 0.250. The normalized spacial score (nSPS) is 13.3. The molecule has 2 aromatic carbocycles. The van der Waals surface area contributed by atoms with Crippen LogP contribution in [0.2, 0.25) is 0 Å². The molecule has 0 fully saturated rings. The van der Waals surface area contributed by atoms with Gasteiger partial charge in [-0.3, -0.25) is 24.6 Å². The van der Waals surface area contributed by atoms with Gasteiger partial charge in [-0.15, -0.1) is 0 Å². The number of rotatable bonds is 5. The molecule has 0 spiro atoms. The van der Waals surface area contributed by atoms with Gasteiger partial charge in [0.2, 0.25) is 0 Å². The van der Waals surface area contributed by atoms with Crippen LogP contribution in [-0.4, -0.2) is 40.8 Å². The topological polar surface area (TPSA) is 107 Å². The second-order valence-corrected chi connectivity index (χ2v) is 5.69. The Morgan fingerprint density at radius 2 is 1.54 bits per heavy atom. The van der Waals surface area contributed by atoms with E-state index < -0.39 is 28.7 Å². The third kappa shape index (κ3) is 3.90. The molecule has 2 aromatic rings. The van der Waals surface area contributed by atoms with Crippen molar-refractivity contribution >= 4 is 23.5 Å². The Labute approximate surface area is 161 Å². The number of ether oxygens (including phenoxy) is 1. The molecule has 28 heavy (non-hydrogen) atoms. The van der Waals surface area contributed by atoms with Crippen molar-refractivity contribution in [1.82, 2.24) is 4.90 Å². The van der Waals surface area contributed by atoms with Gasteiger partial charge in [0.15, 0.2) is 0 Å². The van der Waals surface area contributed by atoms with E-state index in [4.69, 9.17) is 4.74 Å². The van der Waals surface area contributed by atoms with Crippen molar-refractivity contribution in [3.8, 4) is 0 Å². The van der Waals surface area contributed by atoms with Crippen LogP contribution in [0.3, 0.4) is 0 Å². The number of fused-ring (bicyclic) bond motifs is 1. The maximum atomic E-state index is 12.6. The minimum Gasteiger partial charge on any atom is -0.467 e. The van der Waals surface area contributed by atoms with Crippen molar-refractivity contribution in [3.63, 3.8) is 0 Å². The fourth-order valence-corrected chi connectivity index (χ4v) is 2.88. The number of non-ortho nitro benzene ring substituents is 1. The highest BCUT2D eigenvalue weighted by Crippen LogP contribution is 2.26. The van der Waals surface area contributed by atoms with E-state index in [1.54, 1.807) is 12.1 Å². The second kappa shape index (κ2) is 8.90. The molecular formula is C20H20N2O6. The van der Waals surface area contributed by atoms with Crippen LogP contribution < -0.4 is 0 Å². The average molecular weight is 384 g/mol. The molecule has 8 nitrogen and oxygen atoms in total. The highest BCUT2D eigenvalue weighted by atomic mass is 16.6. The van der Waals surface area contributed by atoms with E-state index in [0.717, 1.165) is 4.90 Å². The molecule has 0 unspecified atom stereocenters. The summed E-state index contributed by atoms with van der Waals surface area (Å²) in [4.78, 5) is 48.6. The van der Waals surface area contributed by atoms with Crippen LogP contribution in [0.15, 0.2) is 48.5 Å². The third-order valence-electron chi connectivity index (χ3n) is 4.19. The zero-order chi connectivity index (χ0) is 20.8. The molecule has 146 valence electrons. The lowest BCUT2D eigenvalue weighted by molar-refractivity contribution is -0.384. The average Bonchev–Trinajstić information content (AvgIpc) is 2.98. The van der Waals surface area contributed by atoms with Gasteiger partial charge in [0.1, 0.15) is 6.04 Å². The summed E-state index contributed by atoms with van der Waals surface area (Å²) in [5, 5.41) is 10.7. The van der Waals surface area contributed by atoms with Crippen LogP contribution >= 0.6 is 0 Å². The molecule has 0 radical (unpaired) electrons. The van der Waals surface area contributed by atoms with Gasteiger partial charge >= 0.3 is 5.97 Å². The van der Waals surface area contributed by atoms with Crippen LogP contribution in [0.25, 0.3) is 0 Å². The van der Waals surface area contributed by atoms with Crippen LogP contribution in [-0.2, 0) is 16.0 Å². The molecular weight excluding hydrogens is 364 g/mol. The van der Waals surface area contributed by atoms with Gasteiger partial charge in [0, 0.05) is 18.6 Å².